The minimum absolute atomic E-state index is 0.00249. The second-order valence-corrected chi connectivity index (χ2v) is 5.09. The highest BCUT2D eigenvalue weighted by Crippen LogP contribution is 2.13. The number of nitrogens with zero attached hydrogens (tertiary/aromatic N) is 2. The number of aromatic nitrogens is 2. The lowest BCUT2D eigenvalue weighted by atomic mass is 10.1. The van der Waals surface area contributed by atoms with Gasteiger partial charge in [-0.2, -0.15) is 0 Å². The van der Waals surface area contributed by atoms with E-state index in [4.69, 9.17) is 5.11 Å². The van der Waals surface area contributed by atoms with Gasteiger partial charge in [-0.1, -0.05) is 6.08 Å². The number of aryl methyl sites for hydroxylation is 1. The summed E-state index contributed by atoms with van der Waals surface area (Å²) in [7, 11) is 0. The molecule has 8 nitrogen and oxygen atoms in total. The first-order valence-electron chi connectivity index (χ1n) is 7.11. The fourth-order valence-electron chi connectivity index (χ4n) is 2.12. The van der Waals surface area contributed by atoms with Crippen LogP contribution in [0.15, 0.2) is 29.1 Å². The Kier molecular flexibility index (Phi) is 5.20. The lowest BCUT2D eigenvalue weighted by Gasteiger charge is -2.03. The summed E-state index contributed by atoms with van der Waals surface area (Å²) in [5.74, 6) is -0.647. The molecule has 0 radical (unpaired) electrons. The van der Waals surface area contributed by atoms with Crippen LogP contribution in [0.3, 0.4) is 0 Å². The number of nitro groups is 1. The number of carboxylic acid groups (broad SMARTS) is 1. The van der Waals surface area contributed by atoms with E-state index >= 15 is 0 Å². The highest BCUT2D eigenvalue weighted by atomic mass is 16.6. The summed E-state index contributed by atoms with van der Waals surface area (Å²) in [5.41, 5.74) is 1.17. The number of aliphatic carboxylic acids is 1. The second-order valence-electron chi connectivity index (χ2n) is 5.09. The first-order valence-corrected chi connectivity index (χ1v) is 7.11. The van der Waals surface area contributed by atoms with E-state index in [9.17, 15) is 19.7 Å². The molecule has 2 N–H and O–H groups in total. The van der Waals surface area contributed by atoms with E-state index in [0.717, 1.165) is 5.56 Å². The van der Waals surface area contributed by atoms with Gasteiger partial charge in [0.25, 0.3) is 11.2 Å². The number of hydrogen-bond donors (Lipinski definition) is 2. The number of hydrogen-bond acceptors (Lipinski definition) is 5. The average molecular weight is 329 g/mol. The molecule has 1 aromatic heterocycles. The van der Waals surface area contributed by atoms with Crippen LogP contribution in [0, 0.1) is 17.0 Å². The zero-order valence-electron chi connectivity index (χ0n) is 12.9. The quantitative estimate of drug-likeness (QED) is 0.618. The summed E-state index contributed by atoms with van der Waals surface area (Å²) in [4.78, 5) is 39.5. The maximum Gasteiger partial charge on any atom is 0.303 e. The lowest BCUT2D eigenvalue weighted by Crippen LogP contribution is -2.18. The Balaban J connectivity index is 2.19. The van der Waals surface area contributed by atoms with Crippen LogP contribution in [0.1, 0.15) is 29.1 Å². The van der Waals surface area contributed by atoms with Crippen LogP contribution in [0.25, 0.3) is 12.2 Å². The van der Waals surface area contributed by atoms with Gasteiger partial charge in [0, 0.05) is 29.8 Å². The molecule has 0 unspecified atom stereocenters. The van der Waals surface area contributed by atoms with Gasteiger partial charge in [0.05, 0.1) is 4.92 Å². The predicted molar refractivity (Wildman–Crippen MR) is 87.6 cm³/mol. The highest BCUT2D eigenvalue weighted by molar-refractivity contribution is 5.68. The number of H-pyrrole nitrogens is 1. The van der Waals surface area contributed by atoms with Crippen molar-refractivity contribution in [2.24, 2.45) is 0 Å². The molecule has 0 saturated heterocycles. The minimum atomic E-state index is -0.976. The first-order chi connectivity index (χ1) is 11.4. The molecule has 1 aromatic carbocycles. The van der Waals surface area contributed by atoms with Crippen molar-refractivity contribution in [1.82, 2.24) is 9.97 Å². The average Bonchev–Trinajstić information content (AvgIpc) is 2.52. The number of nitrogens with one attached hydrogen (secondary N) is 1. The molecule has 1 heterocycles. The van der Waals surface area contributed by atoms with Gasteiger partial charge < -0.3 is 10.1 Å². The topological polar surface area (TPSA) is 126 Å². The monoisotopic (exact) mass is 329 g/mol. The van der Waals surface area contributed by atoms with Crippen LogP contribution in [0.2, 0.25) is 0 Å². The predicted octanol–water partition coefficient (Wildman–Crippen LogP) is 2.17. The van der Waals surface area contributed by atoms with Crippen molar-refractivity contribution < 1.29 is 14.8 Å². The van der Waals surface area contributed by atoms with Crippen molar-refractivity contribution in [3.63, 3.8) is 0 Å². The Hall–Kier alpha value is -3.29. The molecule has 2 aromatic rings. The fraction of sp³-hybridized carbons (Fsp3) is 0.188. The molecular formula is C16H15N3O5. The molecule has 124 valence electrons. The van der Waals surface area contributed by atoms with E-state index in [1.165, 1.54) is 12.1 Å². The van der Waals surface area contributed by atoms with Crippen LogP contribution in [-0.2, 0) is 11.2 Å². The van der Waals surface area contributed by atoms with E-state index < -0.39 is 10.9 Å². The van der Waals surface area contributed by atoms with Crippen molar-refractivity contribution in [2.45, 2.75) is 19.8 Å². The van der Waals surface area contributed by atoms with E-state index in [-0.39, 0.29) is 24.1 Å². The SMILES string of the molecule is Cc1nc(/C=C/c2ccc([N+](=O)[O-])cc2)[nH]c(=O)c1CCC(=O)O. The van der Waals surface area contributed by atoms with Gasteiger partial charge in [0.1, 0.15) is 5.82 Å². The lowest BCUT2D eigenvalue weighted by molar-refractivity contribution is -0.384. The summed E-state index contributed by atoms with van der Waals surface area (Å²) >= 11 is 0. The summed E-state index contributed by atoms with van der Waals surface area (Å²) < 4.78 is 0. The van der Waals surface area contributed by atoms with Crippen molar-refractivity contribution in [1.29, 1.82) is 0 Å². The zero-order valence-corrected chi connectivity index (χ0v) is 12.9. The van der Waals surface area contributed by atoms with E-state index in [2.05, 4.69) is 9.97 Å². The number of rotatable bonds is 6. The van der Waals surface area contributed by atoms with Crippen LogP contribution >= 0.6 is 0 Å². The summed E-state index contributed by atoms with van der Waals surface area (Å²) in [6.45, 7) is 1.65. The van der Waals surface area contributed by atoms with E-state index in [1.807, 2.05) is 0 Å². The molecular weight excluding hydrogens is 314 g/mol. The van der Waals surface area contributed by atoms with Crippen LogP contribution < -0.4 is 5.56 Å². The van der Waals surface area contributed by atoms with Crippen molar-refractivity contribution in [3.8, 4) is 0 Å². The Morgan fingerprint density at radius 3 is 2.54 bits per heavy atom. The first kappa shape index (κ1) is 17.1. The fourth-order valence-corrected chi connectivity index (χ4v) is 2.12. The summed E-state index contributed by atoms with van der Waals surface area (Å²) in [6.07, 6.45) is 3.23. The Morgan fingerprint density at radius 2 is 2.00 bits per heavy atom. The van der Waals surface area contributed by atoms with Crippen LogP contribution in [0.4, 0.5) is 5.69 Å². The van der Waals surface area contributed by atoms with E-state index in [0.29, 0.717) is 17.1 Å². The molecule has 2 rings (SSSR count). The molecule has 0 amide bonds. The molecule has 0 atom stereocenters. The number of carbonyl (C=O) groups is 1. The Labute approximate surface area is 136 Å². The number of carboxylic acids is 1. The number of non-ortho nitro benzene ring substituents is 1. The molecule has 24 heavy (non-hydrogen) atoms. The molecule has 0 aliphatic heterocycles. The number of aromatic amines is 1. The highest BCUT2D eigenvalue weighted by Gasteiger charge is 2.09. The number of benzene rings is 1. The zero-order chi connectivity index (χ0) is 17.7. The molecule has 0 fully saturated rings. The van der Waals surface area contributed by atoms with Crippen molar-refractivity contribution in [3.05, 3.63) is 67.4 Å². The van der Waals surface area contributed by atoms with Gasteiger partial charge in [-0.05, 0) is 37.1 Å². The normalized spacial score (nSPS) is 10.9. The Morgan fingerprint density at radius 1 is 1.33 bits per heavy atom. The van der Waals surface area contributed by atoms with Gasteiger partial charge in [-0.25, -0.2) is 4.98 Å². The van der Waals surface area contributed by atoms with Gasteiger partial charge in [-0.15, -0.1) is 0 Å². The molecule has 0 bridgehead atoms. The summed E-state index contributed by atoms with van der Waals surface area (Å²) in [6, 6.07) is 5.94. The standard InChI is InChI=1S/C16H15N3O5/c1-10-13(7-9-15(20)21)16(22)18-14(17-10)8-4-11-2-5-12(6-3-11)19(23)24/h2-6,8H,7,9H2,1H3,(H,20,21)(H,17,18,22)/b8-4+. The second kappa shape index (κ2) is 7.32. The number of nitro benzene ring substituents is 1. The summed E-state index contributed by atoms with van der Waals surface area (Å²) in [5, 5.41) is 19.3. The van der Waals surface area contributed by atoms with E-state index in [1.54, 1.807) is 31.2 Å². The van der Waals surface area contributed by atoms with Crippen molar-refractivity contribution >= 4 is 23.8 Å². The maximum absolute atomic E-state index is 12.0. The molecule has 0 aliphatic rings. The third-order valence-electron chi connectivity index (χ3n) is 3.37. The smallest absolute Gasteiger partial charge is 0.303 e. The molecule has 0 aliphatic carbocycles. The van der Waals surface area contributed by atoms with Gasteiger partial charge in [-0.3, -0.25) is 19.7 Å². The largest absolute Gasteiger partial charge is 0.481 e. The van der Waals surface area contributed by atoms with Crippen LogP contribution in [-0.4, -0.2) is 26.0 Å². The Bertz CT molecular complexity index is 853. The minimum Gasteiger partial charge on any atom is -0.481 e. The van der Waals surface area contributed by atoms with Crippen LogP contribution in [0.5, 0.6) is 0 Å². The maximum atomic E-state index is 12.0. The van der Waals surface area contributed by atoms with Gasteiger partial charge >= 0.3 is 5.97 Å². The van der Waals surface area contributed by atoms with Gasteiger partial charge in [0.2, 0.25) is 0 Å². The third-order valence-corrected chi connectivity index (χ3v) is 3.37. The third kappa shape index (κ3) is 4.35. The molecule has 8 heteroatoms. The molecule has 0 spiro atoms. The molecule has 0 saturated carbocycles. The van der Waals surface area contributed by atoms with Crippen molar-refractivity contribution in [2.75, 3.05) is 0 Å². The van der Waals surface area contributed by atoms with Gasteiger partial charge in [0.15, 0.2) is 0 Å².